The van der Waals surface area contributed by atoms with Crippen LogP contribution < -0.4 is 5.32 Å². The first-order valence-corrected chi connectivity index (χ1v) is 7.97. The Balaban J connectivity index is 2.56. The minimum absolute atomic E-state index is 0.279. The normalized spacial score (nSPS) is 13.0. The molecule has 0 bridgehead atoms. The summed E-state index contributed by atoms with van der Waals surface area (Å²) in [5.74, 6) is 1.01. The smallest absolute Gasteiger partial charge is 0.123 e. The number of hydrogen-bond donors (Lipinski definition) is 2. The van der Waals surface area contributed by atoms with E-state index in [1.165, 1.54) is 25.7 Å². The van der Waals surface area contributed by atoms with Crippen LogP contribution in [0.15, 0.2) is 42.6 Å². The van der Waals surface area contributed by atoms with E-state index in [1.54, 1.807) is 6.07 Å². The predicted octanol–water partition coefficient (Wildman–Crippen LogP) is 5.12. The van der Waals surface area contributed by atoms with Gasteiger partial charge in [0.2, 0.25) is 0 Å². The molecular weight excluding hydrogens is 258 g/mol. The van der Waals surface area contributed by atoms with Crippen LogP contribution >= 0.6 is 0 Å². The Morgan fingerprint density at radius 1 is 1.33 bits per heavy atom. The number of nitrogens with one attached hydrogen (secondary N) is 1. The highest BCUT2D eigenvalue weighted by atomic mass is 16.3. The summed E-state index contributed by atoms with van der Waals surface area (Å²) in [6, 6.07) is 7.31. The molecule has 21 heavy (non-hydrogen) atoms. The van der Waals surface area contributed by atoms with Gasteiger partial charge in [-0.05, 0) is 37.0 Å². The second-order valence-corrected chi connectivity index (χ2v) is 5.67. The number of aromatic hydroxyl groups is 1. The number of allylic oxidation sites excluding steroid dienone is 3. The standard InChI is InChI=1S/C19H29NO/c1-5-7-10-17(6-2)14-20-16(4)13-15(3)18-11-8-9-12-19(18)21/h8-9,11-13,17,20-21H,3,5-7,10,14H2,1-2,4H3/b16-13+. The second-order valence-electron chi connectivity index (χ2n) is 5.67. The van der Waals surface area contributed by atoms with Gasteiger partial charge >= 0.3 is 0 Å². The van der Waals surface area contributed by atoms with Crippen LogP contribution in [0.2, 0.25) is 0 Å². The Morgan fingerprint density at radius 3 is 2.67 bits per heavy atom. The highest BCUT2D eigenvalue weighted by molar-refractivity contribution is 5.76. The van der Waals surface area contributed by atoms with Crippen molar-refractivity contribution in [2.24, 2.45) is 5.92 Å². The molecule has 2 N–H and O–H groups in total. The highest BCUT2D eigenvalue weighted by Gasteiger charge is 2.06. The molecule has 2 nitrogen and oxygen atoms in total. The first kappa shape index (κ1) is 17.4. The molecule has 1 aromatic rings. The molecule has 1 rings (SSSR count). The lowest BCUT2D eigenvalue weighted by molar-refractivity contribution is 0.435. The molecule has 0 aliphatic carbocycles. The van der Waals surface area contributed by atoms with Crippen LogP contribution in [-0.4, -0.2) is 11.7 Å². The topological polar surface area (TPSA) is 32.3 Å². The van der Waals surface area contributed by atoms with Crippen molar-refractivity contribution in [2.45, 2.75) is 46.5 Å². The number of rotatable bonds is 9. The van der Waals surface area contributed by atoms with Gasteiger partial charge in [0, 0.05) is 17.8 Å². The molecule has 0 fully saturated rings. The van der Waals surface area contributed by atoms with Gasteiger partial charge in [0.1, 0.15) is 5.75 Å². The van der Waals surface area contributed by atoms with E-state index in [0.717, 1.165) is 29.3 Å². The van der Waals surface area contributed by atoms with E-state index in [4.69, 9.17) is 0 Å². The molecular formula is C19H29NO. The number of phenols is 1. The number of unbranched alkanes of at least 4 members (excludes halogenated alkanes) is 1. The van der Waals surface area contributed by atoms with Gasteiger partial charge in [-0.3, -0.25) is 0 Å². The van der Waals surface area contributed by atoms with Gasteiger partial charge in [0.15, 0.2) is 0 Å². The Hall–Kier alpha value is -1.70. The fourth-order valence-electron chi connectivity index (χ4n) is 2.38. The molecule has 116 valence electrons. The number of hydrogen-bond acceptors (Lipinski definition) is 2. The molecule has 0 spiro atoms. The summed E-state index contributed by atoms with van der Waals surface area (Å²) >= 11 is 0. The zero-order valence-corrected chi connectivity index (χ0v) is 13.7. The van der Waals surface area contributed by atoms with Crippen molar-refractivity contribution in [3.05, 3.63) is 48.2 Å². The maximum atomic E-state index is 9.84. The average Bonchev–Trinajstić information content (AvgIpc) is 2.47. The van der Waals surface area contributed by atoms with E-state index in [0.29, 0.717) is 0 Å². The van der Waals surface area contributed by atoms with Crippen molar-refractivity contribution < 1.29 is 5.11 Å². The van der Waals surface area contributed by atoms with Crippen molar-refractivity contribution in [3.63, 3.8) is 0 Å². The maximum absolute atomic E-state index is 9.84. The summed E-state index contributed by atoms with van der Waals surface area (Å²) in [7, 11) is 0. The van der Waals surface area contributed by atoms with Gasteiger partial charge in [-0.15, -0.1) is 0 Å². The first-order valence-electron chi connectivity index (χ1n) is 7.97. The molecule has 1 unspecified atom stereocenters. The van der Waals surface area contributed by atoms with Crippen molar-refractivity contribution in [3.8, 4) is 5.75 Å². The maximum Gasteiger partial charge on any atom is 0.123 e. The molecule has 0 amide bonds. The van der Waals surface area contributed by atoms with Crippen LogP contribution in [0, 0.1) is 5.92 Å². The number of phenolic OH excluding ortho intramolecular Hbond substituents is 1. The Bertz CT molecular complexity index is 476. The molecule has 0 aromatic heterocycles. The molecule has 2 heteroatoms. The van der Waals surface area contributed by atoms with Crippen molar-refractivity contribution in [1.29, 1.82) is 0 Å². The highest BCUT2D eigenvalue weighted by Crippen LogP contribution is 2.24. The lowest BCUT2D eigenvalue weighted by Crippen LogP contribution is -2.21. The predicted molar refractivity (Wildman–Crippen MR) is 92.2 cm³/mol. The third-order valence-corrected chi connectivity index (χ3v) is 3.85. The molecule has 0 radical (unpaired) electrons. The van der Waals surface area contributed by atoms with Crippen LogP contribution in [-0.2, 0) is 0 Å². The Kier molecular flexibility index (Phi) is 7.66. The zero-order chi connectivity index (χ0) is 15.7. The summed E-state index contributed by atoms with van der Waals surface area (Å²) in [6.07, 6.45) is 7.05. The van der Waals surface area contributed by atoms with Crippen molar-refractivity contribution >= 4 is 5.57 Å². The molecule has 0 aliphatic heterocycles. The Labute approximate surface area is 129 Å². The van der Waals surface area contributed by atoms with Gasteiger partial charge in [-0.1, -0.05) is 57.9 Å². The Morgan fingerprint density at radius 2 is 2.05 bits per heavy atom. The molecule has 1 atom stereocenters. The first-order chi connectivity index (χ1) is 10.1. The minimum atomic E-state index is 0.279. The molecule has 0 saturated carbocycles. The molecule has 1 aromatic carbocycles. The quantitative estimate of drug-likeness (QED) is 0.618. The van der Waals surface area contributed by atoms with E-state index in [9.17, 15) is 5.11 Å². The summed E-state index contributed by atoms with van der Waals surface area (Å²) in [4.78, 5) is 0. The van der Waals surface area contributed by atoms with Gasteiger partial charge in [-0.25, -0.2) is 0 Å². The van der Waals surface area contributed by atoms with Crippen LogP contribution in [0.1, 0.15) is 52.0 Å². The lowest BCUT2D eigenvalue weighted by atomic mass is 9.99. The summed E-state index contributed by atoms with van der Waals surface area (Å²) in [5.41, 5.74) is 2.72. The minimum Gasteiger partial charge on any atom is -0.507 e. The molecule has 0 heterocycles. The summed E-state index contributed by atoms with van der Waals surface area (Å²) in [6.45, 7) is 11.6. The average molecular weight is 287 g/mol. The lowest BCUT2D eigenvalue weighted by Gasteiger charge is -2.16. The van der Waals surface area contributed by atoms with Gasteiger partial charge in [-0.2, -0.15) is 0 Å². The fourth-order valence-corrected chi connectivity index (χ4v) is 2.38. The van der Waals surface area contributed by atoms with E-state index in [-0.39, 0.29) is 5.75 Å². The van der Waals surface area contributed by atoms with Crippen LogP contribution in [0.4, 0.5) is 0 Å². The fraction of sp³-hybridized carbons (Fsp3) is 0.474. The number of para-hydroxylation sites is 1. The zero-order valence-electron chi connectivity index (χ0n) is 13.7. The van der Waals surface area contributed by atoms with Crippen molar-refractivity contribution in [1.82, 2.24) is 5.32 Å². The van der Waals surface area contributed by atoms with E-state index < -0.39 is 0 Å². The van der Waals surface area contributed by atoms with Crippen LogP contribution in [0.5, 0.6) is 5.75 Å². The number of benzene rings is 1. The van der Waals surface area contributed by atoms with Crippen LogP contribution in [0.25, 0.3) is 5.57 Å². The van der Waals surface area contributed by atoms with Gasteiger partial charge < -0.3 is 10.4 Å². The second kappa shape index (κ2) is 9.28. The SMILES string of the molecule is C=C(/C=C(\C)NCC(CC)CCCC)c1ccccc1O. The third kappa shape index (κ3) is 6.07. The van der Waals surface area contributed by atoms with E-state index in [2.05, 4.69) is 32.7 Å². The van der Waals surface area contributed by atoms with E-state index in [1.807, 2.05) is 24.3 Å². The van der Waals surface area contributed by atoms with E-state index >= 15 is 0 Å². The summed E-state index contributed by atoms with van der Waals surface area (Å²) in [5, 5.41) is 13.3. The summed E-state index contributed by atoms with van der Waals surface area (Å²) < 4.78 is 0. The van der Waals surface area contributed by atoms with Gasteiger partial charge in [0.25, 0.3) is 0 Å². The van der Waals surface area contributed by atoms with Crippen LogP contribution in [0.3, 0.4) is 0 Å². The largest absolute Gasteiger partial charge is 0.507 e. The third-order valence-electron chi connectivity index (χ3n) is 3.85. The van der Waals surface area contributed by atoms with Gasteiger partial charge in [0.05, 0.1) is 0 Å². The monoisotopic (exact) mass is 287 g/mol. The molecule has 0 aliphatic rings. The molecule has 0 saturated heterocycles. The van der Waals surface area contributed by atoms with Crippen molar-refractivity contribution in [2.75, 3.05) is 6.54 Å².